The zero-order chi connectivity index (χ0) is 16.7. The number of nitrogens with zero attached hydrogens (tertiary/aromatic N) is 4. The summed E-state index contributed by atoms with van der Waals surface area (Å²) in [6, 6.07) is 1.83. The molecule has 0 amide bonds. The third-order valence-electron chi connectivity index (χ3n) is 2.75. The van der Waals surface area contributed by atoms with E-state index in [0.29, 0.717) is 30.6 Å². The maximum absolute atomic E-state index is 12.5. The molecule has 0 radical (unpaired) electrons. The second-order valence-electron chi connectivity index (χ2n) is 4.52. The van der Waals surface area contributed by atoms with Gasteiger partial charge in [0.25, 0.3) is 0 Å². The van der Waals surface area contributed by atoms with Gasteiger partial charge in [-0.05, 0) is 13.0 Å². The summed E-state index contributed by atoms with van der Waals surface area (Å²) in [5.74, 6) is 0.531. The maximum Gasteiger partial charge on any atom is 0.434 e. The Morgan fingerprint density at radius 2 is 2.17 bits per heavy atom. The molecule has 0 aliphatic carbocycles. The fourth-order valence-corrected chi connectivity index (χ4v) is 2.45. The third kappa shape index (κ3) is 6.63. The summed E-state index contributed by atoms with van der Waals surface area (Å²) in [5, 5.41) is 11.5. The van der Waals surface area contributed by atoms with Gasteiger partial charge in [-0.15, -0.1) is 35.3 Å². The zero-order valence-corrected chi connectivity index (χ0v) is 16.0. The van der Waals surface area contributed by atoms with Crippen LogP contribution in [0, 0.1) is 0 Å². The molecule has 0 aliphatic heterocycles. The number of aromatic nitrogens is 3. The van der Waals surface area contributed by atoms with Crippen LogP contribution in [-0.2, 0) is 19.3 Å². The number of alkyl halides is 3. The minimum atomic E-state index is -4.41. The van der Waals surface area contributed by atoms with Gasteiger partial charge in [-0.25, -0.2) is 9.98 Å². The van der Waals surface area contributed by atoms with Crippen LogP contribution >= 0.6 is 35.3 Å². The first-order valence-corrected chi connectivity index (χ1v) is 7.88. The Bertz CT molecular complexity index is 626. The average Bonchev–Trinajstić information content (AvgIpc) is 3.15. The Morgan fingerprint density at radius 3 is 2.75 bits per heavy atom. The second-order valence-corrected chi connectivity index (χ2v) is 5.46. The smallest absolute Gasteiger partial charge is 0.357 e. The van der Waals surface area contributed by atoms with E-state index in [1.807, 2.05) is 19.2 Å². The molecule has 0 bridgehead atoms. The second kappa shape index (κ2) is 9.81. The monoisotopic (exact) mass is 474 g/mol. The van der Waals surface area contributed by atoms with Crippen LogP contribution in [0.1, 0.15) is 17.6 Å². The number of rotatable bonds is 6. The molecule has 0 unspecified atom stereocenters. The van der Waals surface area contributed by atoms with Crippen molar-refractivity contribution >= 4 is 41.3 Å². The fourth-order valence-electron chi connectivity index (χ4n) is 1.72. The van der Waals surface area contributed by atoms with Crippen molar-refractivity contribution in [1.82, 2.24) is 25.4 Å². The highest BCUT2D eigenvalue weighted by atomic mass is 127. The molecule has 6 nitrogen and oxygen atoms in total. The molecular weight excluding hydrogens is 456 g/mol. The predicted molar refractivity (Wildman–Crippen MR) is 97.6 cm³/mol. The number of hydrogen-bond donors (Lipinski definition) is 2. The van der Waals surface area contributed by atoms with Crippen LogP contribution < -0.4 is 10.6 Å². The van der Waals surface area contributed by atoms with Crippen LogP contribution in [-0.4, -0.2) is 33.8 Å². The quantitative estimate of drug-likeness (QED) is 0.384. The van der Waals surface area contributed by atoms with Crippen LogP contribution in [0.4, 0.5) is 13.2 Å². The molecule has 0 spiro atoms. The first-order valence-electron chi connectivity index (χ1n) is 7.00. The summed E-state index contributed by atoms with van der Waals surface area (Å²) < 4.78 is 39.3. The van der Waals surface area contributed by atoms with Crippen LogP contribution in [0.3, 0.4) is 0 Å². The topological polar surface area (TPSA) is 67.1 Å². The van der Waals surface area contributed by atoms with Gasteiger partial charge in [0.1, 0.15) is 5.01 Å². The van der Waals surface area contributed by atoms with E-state index in [4.69, 9.17) is 0 Å². The number of hydrogen-bond acceptors (Lipinski definition) is 4. The number of halogens is 4. The van der Waals surface area contributed by atoms with Gasteiger partial charge in [-0.3, -0.25) is 4.68 Å². The predicted octanol–water partition coefficient (Wildman–Crippen LogP) is 2.73. The van der Waals surface area contributed by atoms with E-state index < -0.39 is 11.9 Å². The molecule has 2 heterocycles. The van der Waals surface area contributed by atoms with Crippen molar-refractivity contribution in [2.75, 3.05) is 13.1 Å². The van der Waals surface area contributed by atoms with Crippen molar-refractivity contribution in [2.45, 2.75) is 26.2 Å². The van der Waals surface area contributed by atoms with Gasteiger partial charge in [0, 0.05) is 30.9 Å². The van der Waals surface area contributed by atoms with Gasteiger partial charge in [0.2, 0.25) is 0 Å². The highest BCUT2D eigenvalue weighted by Crippen LogP contribution is 2.30. The van der Waals surface area contributed by atoms with E-state index in [-0.39, 0.29) is 30.5 Å². The molecule has 0 saturated carbocycles. The molecule has 0 aliphatic rings. The van der Waals surface area contributed by atoms with Crippen LogP contribution in [0.5, 0.6) is 0 Å². The normalized spacial score (nSPS) is 11.9. The molecule has 134 valence electrons. The molecule has 11 heteroatoms. The third-order valence-corrected chi connectivity index (χ3v) is 3.58. The van der Waals surface area contributed by atoms with Crippen molar-refractivity contribution in [3.8, 4) is 0 Å². The number of thiazole rings is 1. The Hall–Kier alpha value is -1.37. The Morgan fingerprint density at radius 1 is 1.38 bits per heavy atom. The molecule has 24 heavy (non-hydrogen) atoms. The summed E-state index contributed by atoms with van der Waals surface area (Å²) in [6.45, 7) is 3.92. The molecule has 0 atom stereocenters. The van der Waals surface area contributed by atoms with Crippen molar-refractivity contribution in [2.24, 2.45) is 4.99 Å². The van der Waals surface area contributed by atoms with Gasteiger partial charge < -0.3 is 10.6 Å². The minimum absolute atomic E-state index is 0. The van der Waals surface area contributed by atoms with Crippen LogP contribution in [0.15, 0.2) is 28.8 Å². The standard InChI is InChI=1S/C13H17F3N6S.HI/c1-2-17-12(18-5-7-22-6-3-4-20-22)19-8-11-21-10(9-23-11)13(14,15)16;/h3-4,6,9H,2,5,7-8H2,1H3,(H2,17,18,19);1H. The first-order chi connectivity index (χ1) is 11.0. The molecule has 2 aromatic rings. The molecule has 0 saturated heterocycles. The lowest BCUT2D eigenvalue weighted by molar-refractivity contribution is -0.140. The number of guanidine groups is 1. The van der Waals surface area contributed by atoms with Crippen molar-refractivity contribution < 1.29 is 13.2 Å². The van der Waals surface area contributed by atoms with Gasteiger partial charge in [0.05, 0.1) is 13.1 Å². The van der Waals surface area contributed by atoms with Gasteiger partial charge in [-0.2, -0.15) is 18.3 Å². The van der Waals surface area contributed by atoms with Gasteiger partial charge in [-0.1, -0.05) is 0 Å². The van der Waals surface area contributed by atoms with E-state index in [1.54, 1.807) is 10.9 Å². The Labute approximate surface area is 158 Å². The Balaban J connectivity index is 0.00000288. The average molecular weight is 474 g/mol. The minimum Gasteiger partial charge on any atom is -0.357 e. The van der Waals surface area contributed by atoms with Crippen molar-refractivity contribution in [3.05, 3.63) is 34.5 Å². The molecular formula is C13H18F3IN6S. The molecule has 0 fully saturated rings. The lowest BCUT2D eigenvalue weighted by atomic mass is 10.5. The summed E-state index contributed by atoms with van der Waals surface area (Å²) in [5.41, 5.74) is -0.871. The molecule has 2 N–H and O–H groups in total. The zero-order valence-electron chi connectivity index (χ0n) is 12.9. The van der Waals surface area contributed by atoms with Gasteiger partial charge in [0.15, 0.2) is 11.7 Å². The summed E-state index contributed by atoms with van der Waals surface area (Å²) in [6.07, 6.45) is -0.870. The van der Waals surface area contributed by atoms with Crippen LogP contribution in [0.25, 0.3) is 0 Å². The first kappa shape index (κ1) is 20.7. The largest absolute Gasteiger partial charge is 0.434 e. The van der Waals surface area contributed by atoms with E-state index in [9.17, 15) is 13.2 Å². The van der Waals surface area contributed by atoms with Crippen molar-refractivity contribution in [1.29, 1.82) is 0 Å². The number of nitrogens with one attached hydrogen (secondary N) is 2. The summed E-state index contributed by atoms with van der Waals surface area (Å²) in [4.78, 5) is 7.79. The fraction of sp³-hybridized carbons (Fsp3) is 0.462. The highest BCUT2D eigenvalue weighted by Gasteiger charge is 2.33. The lowest BCUT2D eigenvalue weighted by Crippen LogP contribution is -2.38. The maximum atomic E-state index is 12.5. The van der Waals surface area contributed by atoms with E-state index in [1.165, 1.54) is 0 Å². The lowest BCUT2D eigenvalue weighted by Gasteiger charge is -2.10. The Kier molecular flexibility index (Phi) is 8.45. The summed E-state index contributed by atoms with van der Waals surface area (Å²) in [7, 11) is 0. The summed E-state index contributed by atoms with van der Waals surface area (Å²) >= 11 is 0.950. The van der Waals surface area contributed by atoms with E-state index >= 15 is 0 Å². The number of aliphatic imine (C=N–C) groups is 1. The molecule has 2 aromatic heterocycles. The van der Waals surface area contributed by atoms with E-state index in [2.05, 4.69) is 25.7 Å². The van der Waals surface area contributed by atoms with Crippen LogP contribution in [0.2, 0.25) is 0 Å². The van der Waals surface area contributed by atoms with Gasteiger partial charge >= 0.3 is 6.18 Å². The van der Waals surface area contributed by atoms with E-state index in [0.717, 1.165) is 16.7 Å². The molecule has 0 aromatic carbocycles. The highest BCUT2D eigenvalue weighted by molar-refractivity contribution is 14.0. The van der Waals surface area contributed by atoms with Crippen molar-refractivity contribution in [3.63, 3.8) is 0 Å². The molecule has 2 rings (SSSR count). The SMILES string of the molecule is CCNC(=NCc1nc(C(F)(F)F)cs1)NCCn1cccn1.I.